The number of benzene rings is 2. The topological polar surface area (TPSA) is 20.2 Å². The molecule has 2 aromatic carbocycles. The van der Waals surface area contributed by atoms with E-state index in [1.807, 2.05) is 0 Å². The van der Waals surface area contributed by atoms with Gasteiger partial charge in [0.05, 0.1) is 15.0 Å². The van der Waals surface area contributed by atoms with Gasteiger partial charge >= 0.3 is 0 Å². The normalized spacial score (nSPS) is 12.5. The van der Waals surface area contributed by atoms with E-state index in [1.54, 1.807) is 24.3 Å². The van der Waals surface area contributed by atoms with E-state index in [2.05, 4.69) is 31.9 Å². The Morgan fingerprint density at radius 2 is 1.79 bits per heavy atom. The molecule has 100 valence electrons. The van der Waals surface area contributed by atoms with Crippen LogP contribution in [0.15, 0.2) is 45.3 Å². The molecule has 19 heavy (non-hydrogen) atoms. The average molecular weight is 392 g/mol. The van der Waals surface area contributed by atoms with Crippen molar-refractivity contribution in [2.24, 2.45) is 0 Å². The minimum absolute atomic E-state index is 0.253. The van der Waals surface area contributed by atoms with Crippen LogP contribution in [0.4, 0.5) is 8.78 Å². The van der Waals surface area contributed by atoms with E-state index in [0.29, 0.717) is 10.0 Å². The molecule has 0 saturated heterocycles. The SMILES string of the molecule is OC(Cc1ccc(F)c(Br)c1)c1cccc(F)c1Br. The van der Waals surface area contributed by atoms with Gasteiger partial charge in [-0.2, -0.15) is 0 Å². The summed E-state index contributed by atoms with van der Waals surface area (Å²) in [5, 5.41) is 10.1. The van der Waals surface area contributed by atoms with Crippen molar-refractivity contribution in [2.75, 3.05) is 0 Å². The molecule has 0 heterocycles. The van der Waals surface area contributed by atoms with Gasteiger partial charge in [0.25, 0.3) is 0 Å². The maximum Gasteiger partial charge on any atom is 0.137 e. The fourth-order valence-corrected chi connectivity index (χ4v) is 2.73. The largest absolute Gasteiger partial charge is 0.388 e. The van der Waals surface area contributed by atoms with Crippen LogP contribution in [0.3, 0.4) is 0 Å². The summed E-state index contributed by atoms with van der Waals surface area (Å²) in [6, 6.07) is 9.03. The van der Waals surface area contributed by atoms with Gasteiger partial charge in [-0.1, -0.05) is 18.2 Å². The lowest BCUT2D eigenvalue weighted by molar-refractivity contribution is 0.177. The highest BCUT2D eigenvalue weighted by Crippen LogP contribution is 2.29. The predicted molar refractivity (Wildman–Crippen MR) is 76.9 cm³/mol. The third kappa shape index (κ3) is 3.41. The van der Waals surface area contributed by atoms with Gasteiger partial charge in [0, 0.05) is 6.42 Å². The van der Waals surface area contributed by atoms with E-state index < -0.39 is 11.9 Å². The average Bonchev–Trinajstić information content (AvgIpc) is 2.37. The summed E-state index contributed by atoms with van der Waals surface area (Å²) in [7, 11) is 0. The molecule has 0 aliphatic rings. The minimum atomic E-state index is -0.859. The second-order valence-electron chi connectivity index (χ2n) is 4.11. The van der Waals surface area contributed by atoms with Gasteiger partial charge < -0.3 is 5.11 Å². The van der Waals surface area contributed by atoms with Gasteiger partial charge in [-0.3, -0.25) is 0 Å². The molecule has 0 aliphatic heterocycles. The Morgan fingerprint density at radius 1 is 1.05 bits per heavy atom. The van der Waals surface area contributed by atoms with Crippen LogP contribution in [-0.2, 0) is 6.42 Å². The number of rotatable bonds is 3. The lowest BCUT2D eigenvalue weighted by Crippen LogP contribution is -2.04. The van der Waals surface area contributed by atoms with E-state index in [0.717, 1.165) is 5.56 Å². The molecule has 1 unspecified atom stereocenters. The zero-order valence-corrected chi connectivity index (χ0v) is 12.9. The van der Waals surface area contributed by atoms with Crippen LogP contribution in [0.5, 0.6) is 0 Å². The molecule has 1 nitrogen and oxygen atoms in total. The summed E-state index contributed by atoms with van der Waals surface area (Å²) in [4.78, 5) is 0. The van der Waals surface area contributed by atoms with Crippen LogP contribution < -0.4 is 0 Å². The number of aliphatic hydroxyl groups excluding tert-OH is 1. The summed E-state index contributed by atoms with van der Waals surface area (Å²) in [5.74, 6) is -0.776. The highest BCUT2D eigenvalue weighted by atomic mass is 79.9. The molecule has 2 aromatic rings. The lowest BCUT2D eigenvalue weighted by atomic mass is 10.0. The molecule has 2 rings (SSSR count). The Bertz CT molecular complexity index is 602. The monoisotopic (exact) mass is 390 g/mol. The van der Waals surface area contributed by atoms with Crippen LogP contribution in [0.2, 0.25) is 0 Å². The molecule has 0 aromatic heterocycles. The summed E-state index contributed by atoms with van der Waals surface area (Å²) in [5.41, 5.74) is 1.23. The first-order valence-corrected chi connectivity index (χ1v) is 7.13. The van der Waals surface area contributed by atoms with Gasteiger partial charge in [-0.25, -0.2) is 8.78 Å². The first kappa shape index (κ1) is 14.6. The molecule has 1 atom stereocenters. The van der Waals surface area contributed by atoms with Crippen molar-refractivity contribution in [3.05, 3.63) is 68.1 Å². The van der Waals surface area contributed by atoms with Crippen molar-refractivity contribution in [1.82, 2.24) is 0 Å². The molecule has 0 bridgehead atoms. The predicted octanol–water partition coefficient (Wildman–Crippen LogP) is 4.77. The van der Waals surface area contributed by atoms with Gasteiger partial charge in [-0.15, -0.1) is 0 Å². The van der Waals surface area contributed by atoms with Crippen molar-refractivity contribution in [2.45, 2.75) is 12.5 Å². The molecular weight excluding hydrogens is 382 g/mol. The summed E-state index contributed by atoms with van der Waals surface area (Å²) in [6.07, 6.45) is -0.580. The summed E-state index contributed by atoms with van der Waals surface area (Å²) >= 11 is 6.21. The highest BCUT2D eigenvalue weighted by Gasteiger charge is 2.15. The van der Waals surface area contributed by atoms with Gasteiger partial charge in [0.1, 0.15) is 11.6 Å². The van der Waals surface area contributed by atoms with Crippen LogP contribution in [0, 0.1) is 11.6 Å². The van der Waals surface area contributed by atoms with E-state index in [4.69, 9.17) is 0 Å². The zero-order valence-electron chi connectivity index (χ0n) is 9.71. The lowest BCUT2D eigenvalue weighted by Gasteiger charge is -2.13. The van der Waals surface area contributed by atoms with Gasteiger partial charge in [0.2, 0.25) is 0 Å². The van der Waals surface area contributed by atoms with Crippen molar-refractivity contribution in [3.8, 4) is 0 Å². The third-order valence-electron chi connectivity index (χ3n) is 2.75. The number of hydrogen-bond donors (Lipinski definition) is 1. The fraction of sp³-hybridized carbons (Fsp3) is 0.143. The second kappa shape index (κ2) is 6.11. The quantitative estimate of drug-likeness (QED) is 0.799. The fourth-order valence-electron chi connectivity index (χ4n) is 1.78. The van der Waals surface area contributed by atoms with Gasteiger partial charge in [-0.05, 0) is 61.2 Å². The van der Waals surface area contributed by atoms with Crippen molar-refractivity contribution >= 4 is 31.9 Å². The first-order chi connectivity index (χ1) is 8.99. The maximum atomic E-state index is 13.4. The van der Waals surface area contributed by atoms with Crippen LogP contribution in [0.25, 0.3) is 0 Å². The Balaban J connectivity index is 2.23. The Morgan fingerprint density at radius 3 is 2.47 bits per heavy atom. The third-order valence-corrected chi connectivity index (χ3v) is 4.20. The van der Waals surface area contributed by atoms with Crippen LogP contribution in [0.1, 0.15) is 17.2 Å². The summed E-state index contributed by atoms with van der Waals surface area (Å²) in [6.45, 7) is 0. The van der Waals surface area contributed by atoms with E-state index in [1.165, 1.54) is 12.1 Å². The Hall–Kier alpha value is -0.780. The highest BCUT2D eigenvalue weighted by molar-refractivity contribution is 9.10. The molecular formula is C14H10Br2F2O. The molecule has 5 heteroatoms. The van der Waals surface area contributed by atoms with Crippen molar-refractivity contribution in [3.63, 3.8) is 0 Å². The summed E-state index contributed by atoms with van der Waals surface area (Å²) < 4.78 is 27.1. The smallest absolute Gasteiger partial charge is 0.137 e. The minimum Gasteiger partial charge on any atom is -0.388 e. The number of hydrogen-bond acceptors (Lipinski definition) is 1. The molecule has 0 spiro atoms. The molecule has 0 aliphatic carbocycles. The number of aliphatic hydroxyl groups is 1. The molecule has 0 fully saturated rings. The van der Waals surface area contributed by atoms with Crippen molar-refractivity contribution < 1.29 is 13.9 Å². The van der Waals surface area contributed by atoms with Crippen LogP contribution >= 0.6 is 31.9 Å². The van der Waals surface area contributed by atoms with E-state index in [9.17, 15) is 13.9 Å². The Labute approximate surface area is 126 Å². The second-order valence-corrected chi connectivity index (χ2v) is 5.76. The van der Waals surface area contributed by atoms with Crippen LogP contribution in [-0.4, -0.2) is 5.11 Å². The molecule has 0 amide bonds. The van der Waals surface area contributed by atoms with Gasteiger partial charge in [0.15, 0.2) is 0 Å². The standard InChI is InChI=1S/C14H10Br2F2O/c15-10-6-8(4-5-11(10)17)7-13(19)9-2-1-3-12(18)14(9)16/h1-6,13,19H,7H2. The van der Waals surface area contributed by atoms with E-state index >= 15 is 0 Å². The first-order valence-electron chi connectivity index (χ1n) is 5.55. The van der Waals surface area contributed by atoms with E-state index in [-0.39, 0.29) is 16.7 Å². The zero-order chi connectivity index (χ0) is 14.0. The van der Waals surface area contributed by atoms with Crippen molar-refractivity contribution in [1.29, 1.82) is 0 Å². The molecule has 0 saturated carbocycles. The molecule has 1 N–H and O–H groups in total. The Kier molecular flexibility index (Phi) is 4.71. The maximum absolute atomic E-state index is 13.4. The molecule has 0 radical (unpaired) electrons. The number of halogens is 4.